The Hall–Kier alpha value is -4.21. The molecule has 10 nitrogen and oxygen atoms in total. The Morgan fingerprint density at radius 3 is 2.64 bits per heavy atom. The Kier molecular flexibility index (Phi) is 4.20. The van der Waals surface area contributed by atoms with Gasteiger partial charge >= 0.3 is 6.01 Å². The largest absolute Gasteiger partial charge is 0.493 e. The number of methoxy groups -OCH3 is 1. The molecule has 4 aromatic rings. The van der Waals surface area contributed by atoms with Crippen LogP contribution in [0.1, 0.15) is 10.4 Å². The van der Waals surface area contributed by atoms with Crippen molar-refractivity contribution in [2.24, 2.45) is 0 Å². The molecule has 0 unspecified atom stereocenters. The van der Waals surface area contributed by atoms with Gasteiger partial charge in [-0.05, 0) is 24.3 Å². The summed E-state index contributed by atoms with van der Waals surface area (Å²) in [6.45, 7) is 0. The summed E-state index contributed by atoms with van der Waals surface area (Å²) >= 11 is 0. The Morgan fingerprint density at radius 2 is 1.93 bits per heavy atom. The fraction of sp³-hybridized carbons (Fsp3) is 0.0556. The van der Waals surface area contributed by atoms with Crippen LogP contribution in [0.25, 0.3) is 22.6 Å². The number of benzene rings is 2. The minimum absolute atomic E-state index is 0.0808. The molecule has 0 saturated heterocycles. The van der Waals surface area contributed by atoms with Gasteiger partial charge in [0.1, 0.15) is 0 Å². The number of nitro benzene ring substituents is 1. The minimum Gasteiger partial charge on any atom is -0.493 e. The van der Waals surface area contributed by atoms with Crippen LogP contribution in [0.15, 0.2) is 57.4 Å². The first-order valence-electron chi connectivity index (χ1n) is 8.01. The molecule has 0 spiro atoms. The second-order valence-corrected chi connectivity index (χ2v) is 5.66. The number of amides is 1. The molecule has 0 aliphatic carbocycles. The molecule has 0 atom stereocenters. The molecule has 10 heteroatoms. The van der Waals surface area contributed by atoms with E-state index in [1.54, 1.807) is 12.1 Å². The second kappa shape index (κ2) is 6.83. The molecular weight excluding hydrogens is 368 g/mol. The maximum absolute atomic E-state index is 12.2. The quantitative estimate of drug-likeness (QED) is 0.409. The van der Waals surface area contributed by atoms with Crippen LogP contribution in [0, 0.1) is 10.1 Å². The van der Waals surface area contributed by atoms with Crippen molar-refractivity contribution in [2.75, 3.05) is 12.4 Å². The molecule has 0 aliphatic heterocycles. The fourth-order valence-electron chi connectivity index (χ4n) is 2.58. The number of fused-ring (bicyclic) bond motifs is 1. The highest BCUT2D eigenvalue weighted by Crippen LogP contribution is 2.33. The number of nitrogens with zero attached hydrogens (tertiary/aromatic N) is 3. The van der Waals surface area contributed by atoms with E-state index in [9.17, 15) is 14.9 Å². The molecule has 0 aliphatic rings. The van der Waals surface area contributed by atoms with Crippen molar-refractivity contribution in [1.82, 2.24) is 10.2 Å². The maximum Gasteiger partial charge on any atom is 0.322 e. The lowest BCUT2D eigenvalue weighted by atomic mass is 10.2. The van der Waals surface area contributed by atoms with Crippen LogP contribution in [0.5, 0.6) is 5.75 Å². The van der Waals surface area contributed by atoms with Gasteiger partial charge in [0.25, 0.3) is 17.5 Å². The van der Waals surface area contributed by atoms with E-state index in [-0.39, 0.29) is 23.2 Å². The Labute approximate surface area is 156 Å². The number of rotatable bonds is 5. The van der Waals surface area contributed by atoms with Gasteiger partial charge in [0.15, 0.2) is 17.1 Å². The van der Waals surface area contributed by atoms with E-state index < -0.39 is 10.8 Å². The number of ether oxygens (including phenoxy) is 1. The van der Waals surface area contributed by atoms with Gasteiger partial charge in [-0.15, -0.1) is 5.10 Å². The van der Waals surface area contributed by atoms with Crippen LogP contribution >= 0.6 is 0 Å². The molecule has 2 heterocycles. The first kappa shape index (κ1) is 17.2. The number of hydrogen-bond donors (Lipinski definition) is 1. The van der Waals surface area contributed by atoms with E-state index in [0.29, 0.717) is 17.1 Å². The monoisotopic (exact) mass is 380 g/mol. The highest BCUT2D eigenvalue weighted by molar-refractivity contribution is 6.03. The molecule has 4 rings (SSSR count). The molecule has 2 aromatic heterocycles. The van der Waals surface area contributed by atoms with Crippen LogP contribution in [-0.2, 0) is 0 Å². The zero-order valence-electron chi connectivity index (χ0n) is 14.4. The van der Waals surface area contributed by atoms with E-state index >= 15 is 0 Å². The SMILES string of the molecule is COc1cccc2cc(-c3nnc(NC(=O)c4ccc([N+](=O)[O-])cc4)o3)oc12. The Morgan fingerprint density at radius 1 is 1.14 bits per heavy atom. The number of carbonyl (C=O) groups excluding carboxylic acids is 1. The summed E-state index contributed by atoms with van der Waals surface area (Å²) in [6, 6.07) is 12.1. The number of anilines is 1. The fourth-order valence-corrected chi connectivity index (χ4v) is 2.58. The number of nitro groups is 1. The van der Waals surface area contributed by atoms with Gasteiger partial charge in [-0.1, -0.05) is 17.2 Å². The van der Waals surface area contributed by atoms with Gasteiger partial charge in [-0.2, -0.15) is 0 Å². The third kappa shape index (κ3) is 3.14. The van der Waals surface area contributed by atoms with E-state index in [4.69, 9.17) is 13.6 Å². The summed E-state index contributed by atoms with van der Waals surface area (Å²) in [6.07, 6.45) is 0. The van der Waals surface area contributed by atoms with E-state index in [0.717, 1.165) is 5.39 Å². The van der Waals surface area contributed by atoms with Crippen LogP contribution < -0.4 is 10.1 Å². The highest BCUT2D eigenvalue weighted by atomic mass is 16.6. The first-order chi connectivity index (χ1) is 13.5. The van der Waals surface area contributed by atoms with Gasteiger partial charge < -0.3 is 13.6 Å². The molecule has 0 bridgehead atoms. The van der Waals surface area contributed by atoms with Crippen molar-refractivity contribution in [1.29, 1.82) is 0 Å². The van der Waals surface area contributed by atoms with Gasteiger partial charge in [0, 0.05) is 23.1 Å². The zero-order chi connectivity index (χ0) is 19.7. The predicted molar refractivity (Wildman–Crippen MR) is 97.1 cm³/mol. The summed E-state index contributed by atoms with van der Waals surface area (Å²) in [5.74, 6) is 0.423. The van der Waals surface area contributed by atoms with Gasteiger partial charge in [-0.3, -0.25) is 20.2 Å². The van der Waals surface area contributed by atoms with Crippen molar-refractivity contribution in [2.45, 2.75) is 0 Å². The number of non-ortho nitro benzene ring substituents is 1. The Bertz CT molecular complexity index is 1180. The molecule has 1 amide bonds. The standard InChI is InChI=1S/C18H12N4O6/c1-26-13-4-2-3-11-9-14(27-15(11)13)17-20-21-18(28-17)19-16(23)10-5-7-12(8-6-10)22(24)25/h2-9H,1H3,(H,19,21,23). The third-order valence-corrected chi connectivity index (χ3v) is 3.92. The molecule has 0 radical (unpaired) electrons. The lowest BCUT2D eigenvalue weighted by Gasteiger charge is -2.00. The lowest BCUT2D eigenvalue weighted by Crippen LogP contribution is -2.12. The zero-order valence-corrected chi connectivity index (χ0v) is 14.4. The second-order valence-electron chi connectivity index (χ2n) is 5.66. The number of aromatic nitrogens is 2. The van der Waals surface area contributed by atoms with Crippen LogP contribution in [-0.4, -0.2) is 28.1 Å². The molecule has 0 saturated carbocycles. The van der Waals surface area contributed by atoms with Crippen molar-refractivity contribution in [3.63, 3.8) is 0 Å². The number of nitrogens with one attached hydrogen (secondary N) is 1. The normalized spacial score (nSPS) is 10.8. The molecule has 140 valence electrons. The maximum atomic E-state index is 12.2. The minimum atomic E-state index is -0.547. The van der Waals surface area contributed by atoms with Crippen molar-refractivity contribution >= 4 is 28.6 Å². The van der Waals surface area contributed by atoms with Crippen molar-refractivity contribution in [3.8, 4) is 17.4 Å². The smallest absolute Gasteiger partial charge is 0.322 e. The summed E-state index contributed by atoms with van der Waals surface area (Å²) in [5.41, 5.74) is 0.630. The summed E-state index contributed by atoms with van der Waals surface area (Å²) in [4.78, 5) is 22.3. The van der Waals surface area contributed by atoms with E-state index in [1.165, 1.54) is 31.4 Å². The molecule has 1 N–H and O–H groups in total. The molecule has 2 aromatic carbocycles. The first-order valence-corrected chi connectivity index (χ1v) is 8.01. The molecular formula is C18H12N4O6. The topological polar surface area (TPSA) is 134 Å². The average Bonchev–Trinajstić information content (AvgIpc) is 3.34. The van der Waals surface area contributed by atoms with Crippen molar-refractivity contribution < 1.29 is 23.3 Å². The van der Waals surface area contributed by atoms with Gasteiger partial charge in [-0.25, -0.2) is 0 Å². The number of para-hydroxylation sites is 1. The highest BCUT2D eigenvalue weighted by Gasteiger charge is 2.17. The van der Waals surface area contributed by atoms with Gasteiger partial charge in [0.2, 0.25) is 0 Å². The third-order valence-electron chi connectivity index (χ3n) is 3.92. The summed E-state index contributed by atoms with van der Waals surface area (Å²) in [7, 11) is 1.54. The molecule has 0 fully saturated rings. The van der Waals surface area contributed by atoms with Crippen LogP contribution in [0.4, 0.5) is 11.7 Å². The van der Waals surface area contributed by atoms with Crippen molar-refractivity contribution in [3.05, 3.63) is 64.2 Å². The predicted octanol–water partition coefficient (Wildman–Crippen LogP) is 3.65. The Balaban J connectivity index is 1.54. The van der Waals surface area contributed by atoms with Crippen LogP contribution in [0.3, 0.4) is 0 Å². The summed E-state index contributed by atoms with van der Waals surface area (Å²) < 4.78 is 16.4. The number of hydrogen-bond acceptors (Lipinski definition) is 8. The average molecular weight is 380 g/mol. The number of furan rings is 1. The summed E-state index contributed by atoms with van der Waals surface area (Å²) in [5, 5.41) is 21.5. The lowest BCUT2D eigenvalue weighted by molar-refractivity contribution is -0.384. The molecule has 28 heavy (non-hydrogen) atoms. The van der Waals surface area contributed by atoms with E-state index in [1.807, 2.05) is 12.1 Å². The number of carbonyl (C=O) groups is 1. The van der Waals surface area contributed by atoms with Gasteiger partial charge in [0.05, 0.1) is 12.0 Å². The van der Waals surface area contributed by atoms with Crippen LogP contribution in [0.2, 0.25) is 0 Å². The van der Waals surface area contributed by atoms with E-state index in [2.05, 4.69) is 15.5 Å².